The van der Waals surface area contributed by atoms with Crippen molar-refractivity contribution in [3.63, 3.8) is 0 Å². The van der Waals surface area contributed by atoms with E-state index in [0.717, 1.165) is 44.9 Å². The number of ether oxygens (including phenoxy) is 2. The lowest BCUT2D eigenvalue weighted by molar-refractivity contribution is -0.303. The van der Waals surface area contributed by atoms with Gasteiger partial charge in [-0.1, -0.05) is 244 Å². The first-order valence-electron chi connectivity index (χ1n) is 28.6. The van der Waals surface area contributed by atoms with E-state index in [0.29, 0.717) is 19.3 Å². The van der Waals surface area contributed by atoms with Crippen molar-refractivity contribution in [2.45, 2.75) is 326 Å². The van der Waals surface area contributed by atoms with Gasteiger partial charge in [-0.2, -0.15) is 0 Å². The minimum Gasteiger partial charge on any atom is -0.394 e. The van der Waals surface area contributed by atoms with Crippen LogP contribution in [0.25, 0.3) is 0 Å². The van der Waals surface area contributed by atoms with E-state index in [4.69, 9.17) is 9.47 Å². The molecule has 67 heavy (non-hydrogen) atoms. The third-order valence-corrected chi connectivity index (χ3v) is 14.1. The third-order valence-electron chi connectivity index (χ3n) is 14.1. The van der Waals surface area contributed by atoms with E-state index in [1.807, 2.05) is 0 Å². The fraction of sp³-hybridized carbons (Fsp3) is 0.946. The maximum absolute atomic E-state index is 13.2. The molecule has 1 aliphatic heterocycles. The number of amides is 1. The lowest BCUT2D eigenvalue weighted by atomic mass is 9.98. The van der Waals surface area contributed by atoms with Crippen LogP contribution >= 0.6 is 0 Å². The topological polar surface area (TPSA) is 189 Å². The number of aliphatic hydroxyl groups is 7. The van der Waals surface area contributed by atoms with E-state index in [-0.39, 0.29) is 6.42 Å². The number of rotatable bonds is 49. The average Bonchev–Trinajstić information content (AvgIpc) is 3.33. The number of allylic oxidation sites excluding steroid dienone is 2. The minimum absolute atomic E-state index is 0.258. The monoisotopic (exact) mass is 956 g/mol. The van der Waals surface area contributed by atoms with Gasteiger partial charge in [-0.25, -0.2) is 0 Å². The molecule has 11 heteroatoms. The maximum Gasteiger partial charge on any atom is 0.249 e. The van der Waals surface area contributed by atoms with Crippen molar-refractivity contribution in [1.29, 1.82) is 0 Å². The van der Waals surface area contributed by atoms with Crippen LogP contribution in [0.5, 0.6) is 0 Å². The normalized spacial score (nSPS) is 20.6. The summed E-state index contributed by atoms with van der Waals surface area (Å²) in [4.78, 5) is 13.2. The highest BCUT2D eigenvalue weighted by molar-refractivity contribution is 5.80. The van der Waals surface area contributed by atoms with Gasteiger partial charge in [0, 0.05) is 0 Å². The van der Waals surface area contributed by atoms with Crippen molar-refractivity contribution in [2.24, 2.45) is 0 Å². The molecular weight excluding hydrogens is 847 g/mol. The summed E-state index contributed by atoms with van der Waals surface area (Å²) in [5.74, 6) is -0.696. The molecule has 0 aromatic rings. The zero-order valence-corrected chi connectivity index (χ0v) is 43.4. The first kappa shape index (κ1) is 63.9. The Kier molecular flexibility index (Phi) is 43.8. The van der Waals surface area contributed by atoms with Crippen molar-refractivity contribution >= 4 is 5.91 Å². The number of aliphatic hydroxyl groups excluding tert-OH is 7. The molecule has 1 rings (SSSR count). The van der Waals surface area contributed by atoms with Gasteiger partial charge in [-0.05, 0) is 38.5 Å². The molecule has 8 N–H and O–H groups in total. The largest absolute Gasteiger partial charge is 0.394 e. The Bertz CT molecular complexity index is 1100. The molecule has 1 amide bonds. The van der Waals surface area contributed by atoms with Gasteiger partial charge in [0.25, 0.3) is 0 Å². The molecule has 1 saturated heterocycles. The number of hydrogen-bond acceptors (Lipinski definition) is 10. The van der Waals surface area contributed by atoms with Gasteiger partial charge >= 0.3 is 0 Å². The van der Waals surface area contributed by atoms with Crippen molar-refractivity contribution in [2.75, 3.05) is 13.2 Å². The second-order valence-corrected chi connectivity index (χ2v) is 20.4. The Morgan fingerprint density at radius 2 is 0.866 bits per heavy atom. The molecule has 0 bridgehead atoms. The van der Waals surface area contributed by atoms with Gasteiger partial charge < -0.3 is 50.5 Å². The number of carbonyl (C=O) groups is 1. The van der Waals surface area contributed by atoms with Crippen LogP contribution in [0.2, 0.25) is 0 Å². The van der Waals surface area contributed by atoms with Crippen LogP contribution in [-0.4, -0.2) is 110 Å². The zero-order valence-electron chi connectivity index (χ0n) is 43.4. The Labute approximate surface area is 411 Å². The van der Waals surface area contributed by atoms with Gasteiger partial charge in [-0.15, -0.1) is 0 Å². The van der Waals surface area contributed by atoms with Crippen LogP contribution in [0.15, 0.2) is 12.2 Å². The first-order valence-corrected chi connectivity index (χ1v) is 28.6. The number of hydrogen-bond donors (Lipinski definition) is 8. The molecular formula is C56H109NO10. The molecule has 1 aliphatic rings. The lowest BCUT2D eigenvalue weighted by Gasteiger charge is -2.40. The predicted molar refractivity (Wildman–Crippen MR) is 275 cm³/mol. The highest BCUT2D eigenvalue weighted by Gasteiger charge is 2.44. The van der Waals surface area contributed by atoms with Gasteiger partial charge in [0.15, 0.2) is 6.29 Å². The number of nitrogens with one attached hydrogen (secondary N) is 1. The standard InChI is InChI=1S/C56H109NO10/c1-3-5-7-9-11-13-15-17-19-21-22-23-24-25-26-28-30-32-34-36-38-40-42-44-49(60)55(65)57-47(46-66-56-54(64)53(63)52(62)50(45-58)67-56)51(61)48(59)43-41-39-37-35-33-31-29-27-20-18-16-14-12-10-8-6-4-2/h25-26,47-54,56,58-64H,3-24,27-46H2,1-2H3,(H,57,65)/b26-25-. The minimum atomic E-state index is -1.66. The van der Waals surface area contributed by atoms with E-state index < -0.39 is 74.2 Å². The summed E-state index contributed by atoms with van der Waals surface area (Å²) in [7, 11) is 0. The summed E-state index contributed by atoms with van der Waals surface area (Å²) in [6.45, 7) is 3.48. The molecule has 0 aromatic carbocycles. The quantitative estimate of drug-likeness (QED) is 0.0215. The van der Waals surface area contributed by atoms with Gasteiger partial charge in [-0.3, -0.25) is 4.79 Å². The Morgan fingerprint density at radius 3 is 1.25 bits per heavy atom. The second-order valence-electron chi connectivity index (χ2n) is 20.4. The maximum atomic E-state index is 13.2. The van der Waals surface area contributed by atoms with Crippen LogP contribution in [0.3, 0.4) is 0 Å². The molecule has 398 valence electrons. The van der Waals surface area contributed by atoms with E-state index >= 15 is 0 Å². The van der Waals surface area contributed by atoms with Gasteiger partial charge in [0.2, 0.25) is 5.91 Å². The summed E-state index contributed by atoms with van der Waals surface area (Å²) in [6, 6.07) is -1.17. The molecule has 11 nitrogen and oxygen atoms in total. The summed E-state index contributed by atoms with van der Waals surface area (Å²) in [5.41, 5.74) is 0. The lowest BCUT2D eigenvalue weighted by Crippen LogP contribution is -2.60. The molecule has 0 radical (unpaired) electrons. The van der Waals surface area contributed by atoms with Crippen molar-refractivity contribution in [1.82, 2.24) is 5.32 Å². The smallest absolute Gasteiger partial charge is 0.249 e. The van der Waals surface area contributed by atoms with E-state index in [1.165, 1.54) is 186 Å². The fourth-order valence-electron chi connectivity index (χ4n) is 9.38. The Morgan fingerprint density at radius 1 is 0.507 bits per heavy atom. The van der Waals surface area contributed by atoms with Crippen molar-refractivity contribution in [3.8, 4) is 0 Å². The fourth-order valence-corrected chi connectivity index (χ4v) is 9.38. The molecule has 9 atom stereocenters. The molecule has 0 aromatic heterocycles. The SMILES string of the molecule is CCCCCCCCCCCCCC/C=C\CCCCCCCCCC(O)C(=O)NC(COC1OC(CO)C(O)C(O)C1O)C(O)C(O)CCCCCCCCCCCCCCCCCCC. The zero-order chi connectivity index (χ0) is 49.0. The van der Waals surface area contributed by atoms with Gasteiger partial charge in [0.1, 0.15) is 36.6 Å². The molecule has 1 heterocycles. The summed E-state index contributed by atoms with van der Waals surface area (Å²) in [6.07, 6.45) is 41.1. The summed E-state index contributed by atoms with van der Waals surface area (Å²) in [5, 5.41) is 76.1. The van der Waals surface area contributed by atoms with Crippen LogP contribution < -0.4 is 5.32 Å². The summed E-state index contributed by atoms with van der Waals surface area (Å²) >= 11 is 0. The molecule has 1 fully saturated rings. The van der Waals surface area contributed by atoms with E-state index in [9.17, 15) is 40.5 Å². The first-order chi connectivity index (χ1) is 32.7. The van der Waals surface area contributed by atoms with Crippen molar-refractivity contribution < 1.29 is 50.0 Å². The number of unbranched alkanes of at least 4 members (excludes halogenated alkanes) is 35. The van der Waals surface area contributed by atoms with Crippen molar-refractivity contribution in [3.05, 3.63) is 12.2 Å². The molecule has 0 saturated carbocycles. The highest BCUT2D eigenvalue weighted by atomic mass is 16.7. The molecule has 0 spiro atoms. The second kappa shape index (κ2) is 46.0. The molecule has 9 unspecified atom stereocenters. The number of carbonyl (C=O) groups excluding carboxylic acids is 1. The van der Waals surface area contributed by atoms with Crippen LogP contribution in [-0.2, 0) is 14.3 Å². The third kappa shape index (κ3) is 34.8. The summed E-state index contributed by atoms with van der Waals surface area (Å²) < 4.78 is 11.1. The van der Waals surface area contributed by atoms with E-state index in [2.05, 4.69) is 31.3 Å². The highest BCUT2D eigenvalue weighted by Crippen LogP contribution is 2.23. The van der Waals surface area contributed by atoms with Crippen LogP contribution in [0.1, 0.15) is 271 Å². The Balaban J connectivity index is 2.32. The van der Waals surface area contributed by atoms with Gasteiger partial charge in [0.05, 0.1) is 25.4 Å². The average molecular weight is 956 g/mol. The van der Waals surface area contributed by atoms with Crippen LogP contribution in [0, 0.1) is 0 Å². The van der Waals surface area contributed by atoms with Crippen LogP contribution in [0.4, 0.5) is 0 Å². The molecule has 0 aliphatic carbocycles. The predicted octanol–water partition coefficient (Wildman–Crippen LogP) is 11.6. The van der Waals surface area contributed by atoms with E-state index in [1.54, 1.807) is 0 Å². The Hall–Kier alpha value is -1.15.